The second kappa shape index (κ2) is 10.2. The number of ether oxygens (including phenoxy) is 1. The minimum Gasteiger partial charge on any atom is -0.480 e. The predicted octanol–water partition coefficient (Wildman–Crippen LogP) is 5.63. The van der Waals surface area contributed by atoms with Gasteiger partial charge in [0.05, 0.1) is 6.10 Å². The number of rotatable bonds is 7. The number of Topliss-reactive ketones (excluding diaryl/α,β-unsaturated/α-hetero) is 1. The number of carbonyl (C=O) groups is 1. The molecule has 0 aliphatic carbocycles. The van der Waals surface area contributed by atoms with Crippen LogP contribution in [0.5, 0.6) is 5.75 Å². The Morgan fingerprint density at radius 1 is 1.14 bits per heavy atom. The molecule has 0 aromatic heterocycles. The lowest BCUT2D eigenvalue weighted by molar-refractivity contribution is -0.129. The average molecular weight is 419 g/mol. The van der Waals surface area contributed by atoms with Crippen molar-refractivity contribution in [2.24, 2.45) is 0 Å². The second-order valence-electron chi connectivity index (χ2n) is 7.23. The third-order valence-electron chi connectivity index (χ3n) is 4.62. The molecule has 0 spiro atoms. The Bertz CT molecular complexity index is 816. The summed E-state index contributed by atoms with van der Waals surface area (Å²) in [5, 5.41) is 10.4. The first-order valence-electron chi connectivity index (χ1n) is 8.95. The molecule has 2 aromatic rings. The maximum absolute atomic E-state index is 11.7. The molecule has 2 rings (SSSR count). The third-order valence-corrected chi connectivity index (χ3v) is 5.36. The molecule has 0 aliphatic heterocycles. The molecule has 0 aliphatic rings. The van der Waals surface area contributed by atoms with Gasteiger partial charge in [-0.05, 0) is 87.4 Å². The first-order valence-corrected chi connectivity index (χ1v) is 10.2. The normalized spacial score (nSPS) is 12.5. The van der Waals surface area contributed by atoms with Gasteiger partial charge in [0.1, 0.15) is 5.75 Å². The van der Waals surface area contributed by atoms with Crippen LogP contribution in [0.3, 0.4) is 0 Å². The van der Waals surface area contributed by atoms with Crippen LogP contribution in [0.2, 0.25) is 0 Å². The predicted molar refractivity (Wildman–Crippen MR) is 124 cm³/mol. The van der Waals surface area contributed by atoms with Crippen LogP contribution in [0.25, 0.3) is 6.08 Å². The minimum atomic E-state index is -0.855. The quantitative estimate of drug-likeness (QED) is 0.592. The summed E-state index contributed by atoms with van der Waals surface area (Å²) in [6.07, 6.45) is 5.06. The summed E-state index contributed by atoms with van der Waals surface area (Å²) in [6.45, 7) is 9.03. The van der Waals surface area contributed by atoms with Gasteiger partial charge in [0, 0.05) is 4.90 Å². The Labute approximate surface area is 179 Å². The highest BCUT2D eigenvalue weighted by atomic mass is 32.2. The zero-order valence-electron chi connectivity index (χ0n) is 17.4. The number of hydrogen-bond donors (Lipinski definition) is 1. The van der Waals surface area contributed by atoms with Crippen LogP contribution in [-0.4, -0.2) is 22.7 Å². The van der Waals surface area contributed by atoms with Crippen molar-refractivity contribution in [3.63, 3.8) is 0 Å². The molecule has 0 saturated heterocycles. The van der Waals surface area contributed by atoms with E-state index in [0.717, 1.165) is 28.0 Å². The zero-order chi connectivity index (χ0) is 20.2. The van der Waals surface area contributed by atoms with Gasteiger partial charge in [-0.1, -0.05) is 24.3 Å². The molecule has 152 valence electrons. The van der Waals surface area contributed by atoms with Crippen LogP contribution in [0.4, 0.5) is 0 Å². The molecule has 1 N–H and O–H groups in total. The van der Waals surface area contributed by atoms with Crippen molar-refractivity contribution in [1.29, 1.82) is 0 Å². The maximum Gasteiger partial charge on any atom is 0.172 e. The number of carbonyl (C=O) groups excluding carboxylic acids is 1. The van der Waals surface area contributed by atoms with E-state index in [2.05, 4.69) is 0 Å². The molecule has 0 heterocycles. The van der Waals surface area contributed by atoms with E-state index in [1.165, 1.54) is 11.8 Å². The van der Waals surface area contributed by atoms with Gasteiger partial charge < -0.3 is 9.84 Å². The average Bonchev–Trinajstić information content (AvgIpc) is 2.62. The number of aryl methyl sites for hydroxylation is 2. The molecule has 0 amide bonds. The summed E-state index contributed by atoms with van der Waals surface area (Å²) in [7, 11) is 0. The number of aliphatic hydroxyl groups excluding tert-OH is 1. The summed E-state index contributed by atoms with van der Waals surface area (Å²) in [4.78, 5) is 12.9. The van der Waals surface area contributed by atoms with Gasteiger partial charge in [-0.3, -0.25) is 4.79 Å². The highest BCUT2D eigenvalue weighted by Gasteiger charge is 2.27. The van der Waals surface area contributed by atoms with E-state index < -0.39 is 11.7 Å². The lowest BCUT2D eigenvalue weighted by Gasteiger charge is -2.26. The monoisotopic (exact) mass is 418 g/mol. The Kier molecular flexibility index (Phi) is 8.86. The number of benzene rings is 2. The molecule has 0 fully saturated rings. The highest BCUT2D eigenvalue weighted by Crippen LogP contribution is 2.30. The first-order chi connectivity index (χ1) is 12.6. The largest absolute Gasteiger partial charge is 0.480 e. The lowest BCUT2D eigenvalue weighted by Crippen LogP contribution is -2.36. The molecule has 2 aromatic carbocycles. The molecular formula is C23H30O3S2. The summed E-state index contributed by atoms with van der Waals surface area (Å²) < 4.78 is 5.97. The van der Waals surface area contributed by atoms with Gasteiger partial charge >= 0.3 is 0 Å². The molecule has 0 radical (unpaired) electrons. The summed E-state index contributed by atoms with van der Waals surface area (Å²) >= 11 is 1.68. The minimum absolute atomic E-state index is 0. The fourth-order valence-corrected chi connectivity index (χ4v) is 3.09. The number of hydrogen-bond acceptors (Lipinski definition) is 4. The van der Waals surface area contributed by atoms with Crippen LogP contribution >= 0.6 is 25.3 Å². The van der Waals surface area contributed by atoms with Crippen LogP contribution in [-0.2, 0) is 4.79 Å². The highest BCUT2D eigenvalue weighted by molar-refractivity contribution is 7.98. The number of thioether (sulfide) groups is 1. The molecular weight excluding hydrogens is 388 g/mol. The van der Waals surface area contributed by atoms with E-state index in [4.69, 9.17) is 4.74 Å². The lowest BCUT2D eigenvalue weighted by atomic mass is 10.0. The summed E-state index contributed by atoms with van der Waals surface area (Å²) in [5.74, 6) is 0.724. The van der Waals surface area contributed by atoms with Crippen LogP contribution in [0.1, 0.15) is 49.1 Å². The molecule has 1 unspecified atom stereocenters. The van der Waals surface area contributed by atoms with Gasteiger partial charge in [-0.25, -0.2) is 0 Å². The number of aliphatic hydroxyl groups is 1. The van der Waals surface area contributed by atoms with Crippen LogP contribution in [0.15, 0.2) is 47.4 Å². The second-order valence-corrected chi connectivity index (χ2v) is 8.11. The molecule has 5 heteroatoms. The van der Waals surface area contributed by atoms with Gasteiger partial charge in [-0.15, -0.1) is 11.8 Å². The van der Waals surface area contributed by atoms with Crippen molar-refractivity contribution >= 4 is 37.1 Å². The molecule has 1 atom stereocenters. The summed E-state index contributed by atoms with van der Waals surface area (Å²) in [5.41, 5.74) is 2.91. The number of ketones is 1. The fourth-order valence-electron chi connectivity index (χ4n) is 2.68. The Morgan fingerprint density at radius 2 is 1.68 bits per heavy atom. The first kappa shape index (κ1) is 24.3. The Hall–Kier alpha value is -1.69. The van der Waals surface area contributed by atoms with Crippen molar-refractivity contribution < 1.29 is 14.6 Å². The third kappa shape index (κ3) is 6.16. The van der Waals surface area contributed by atoms with Crippen LogP contribution in [0, 0.1) is 13.8 Å². The van der Waals surface area contributed by atoms with Crippen molar-refractivity contribution in [1.82, 2.24) is 0 Å². The van der Waals surface area contributed by atoms with Crippen LogP contribution < -0.4 is 4.74 Å². The van der Waals surface area contributed by atoms with Gasteiger partial charge in [0.25, 0.3) is 0 Å². The Balaban J connectivity index is 0.00000392. The Morgan fingerprint density at radius 3 is 2.14 bits per heavy atom. The summed E-state index contributed by atoms with van der Waals surface area (Å²) in [6, 6.07) is 11.9. The van der Waals surface area contributed by atoms with E-state index >= 15 is 0 Å². The van der Waals surface area contributed by atoms with Gasteiger partial charge in [0.2, 0.25) is 0 Å². The molecule has 28 heavy (non-hydrogen) atoms. The molecule has 3 nitrogen and oxygen atoms in total. The van der Waals surface area contributed by atoms with E-state index in [1.807, 2.05) is 62.6 Å². The molecule has 0 saturated carbocycles. The van der Waals surface area contributed by atoms with Crippen molar-refractivity contribution in [3.05, 3.63) is 64.7 Å². The van der Waals surface area contributed by atoms with E-state index in [-0.39, 0.29) is 19.3 Å². The van der Waals surface area contributed by atoms with Crippen molar-refractivity contribution in [2.75, 3.05) is 6.26 Å². The maximum atomic E-state index is 11.7. The topological polar surface area (TPSA) is 46.5 Å². The van der Waals surface area contributed by atoms with E-state index in [9.17, 15) is 9.90 Å². The van der Waals surface area contributed by atoms with E-state index in [0.29, 0.717) is 0 Å². The SMILES string of the molecule is CSc1ccc(C(O)/C=C\c2cc(C)c(OC(C)(C)C(C)=O)c(C)c2)cc1.S. The smallest absolute Gasteiger partial charge is 0.172 e. The molecule has 0 bridgehead atoms. The van der Waals surface area contributed by atoms with Crippen molar-refractivity contribution in [2.45, 2.75) is 51.2 Å². The fraction of sp³-hybridized carbons (Fsp3) is 0.348. The zero-order valence-corrected chi connectivity index (χ0v) is 19.2. The van der Waals surface area contributed by atoms with Gasteiger partial charge in [0.15, 0.2) is 11.4 Å². The standard InChI is InChI=1S/C23H28O3S.H2S/c1-15-13-18(14-16(2)22(15)26-23(4,5)17(3)24)7-12-21(25)19-8-10-20(27-6)11-9-19;/h7-14,21,25H,1-6H3;1H2/b12-7-;. The van der Waals surface area contributed by atoms with Gasteiger partial charge in [-0.2, -0.15) is 13.5 Å². The van der Waals surface area contributed by atoms with E-state index in [1.54, 1.807) is 31.7 Å². The van der Waals surface area contributed by atoms with Crippen molar-refractivity contribution in [3.8, 4) is 5.75 Å².